The molecule has 0 saturated carbocycles. The van der Waals surface area contributed by atoms with Gasteiger partial charge < -0.3 is 29.3 Å². The minimum absolute atomic E-state index is 0.103. The summed E-state index contributed by atoms with van der Waals surface area (Å²) in [6.45, 7) is 24.0. The second kappa shape index (κ2) is 16.3. The predicted octanol–water partition coefficient (Wildman–Crippen LogP) is 6.10. The molecule has 3 amide bonds. The number of ether oxygens (including phenoxy) is 2. The van der Waals surface area contributed by atoms with Crippen LogP contribution in [0.4, 0.5) is 0 Å². The van der Waals surface area contributed by atoms with Crippen molar-refractivity contribution in [1.29, 1.82) is 0 Å². The molecule has 0 aromatic heterocycles. The Morgan fingerprint density at radius 1 is 1.10 bits per heavy atom. The fourth-order valence-corrected chi connectivity index (χ4v) is 9.28. The number of allylic oxidation sites excluding steroid dienone is 1. The molecule has 1 aromatic rings. The maximum Gasteiger partial charge on any atom is 0.313 e. The van der Waals surface area contributed by atoms with Gasteiger partial charge in [0.15, 0.2) is 0 Å². The number of fused-ring (bicyclic) bond motifs is 1. The van der Waals surface area contributed by atoms with E-state index in [4.69, 9.17) is 9.47 Å². The molecule has 3 fully saturated rings. The molecule has 3 heterocycles. The second-order valence-electron chi connectivity index (χ2n) is 17.4. The highest BCUT2D eigenvalue weighted by atomic mass is 16.6. The standard InChI is InChI=1S/C42H63N3O7/c1-12-14-20-32(47)43(11)28(5)35(29-18-16-15-17-19-29)51-39(50)33-31-21-22-42(52-31)34(33)37(48)45(30(25-46)24-27(3)4)36(42)38(49)44(23-13-2)41(9,10)26-40(6,7)8/h12-13,15-19,27-28,30-31,33-36,46H,1-2,14,20-26H2,3-11H3/t28-,30-,31+,33-,34-,35+,36+,42-/m1/s1. The summed E-state index contributed by atoms with van der Waals surface area (Å²) in [6, 6.07) is 7.08. The second-order valence-corrected chi connectivity index (χ2v) is 17.4. The number of carbonyl (C=O) groups excluding carboxylic acids is 4. The van der Waals surface area contributed by atoms with Crippen LogP contribution in [-0.4, -0.2) is 99.1 Å². The molecule has 8 atom stereocenters. The number of rotatable bonds is 17. The Hall–Kier alpha value is -3.50. The third kappa shape index (κ3) is 8.18. The van der Waals surface area contributed by atoms with E-state index in [9.17, 15) is 19.5 Å². The molecule has 10 nitrogen and oxygen atoms in total. The fraction of sp³-hybridized carbons (Fsp3) is 0.667. The van der Waals surface area contributed by atoms with Crippen molar-refractivity contribution in [2.24, 2.45) is 23.2 Å². The first-order valence-electron chi connectivity index (χ1n) is 19.0. The summed E-state index contributed by atoms with van der Waals surface area (Å²) >= 11 is 0. The number of aliphatic hydroxyl groups excluding tert-OH is 1. The van der Waals surface area contributed by atoms with Crippen LogP contribution in [0, 0.1) is 23.2 Å². The minimum atomic E-state index is -1.27. The molecule has 1 aromatic carbocycles. The average Bonchev–Trinajstić information content (AvgIpc) is 3.72. The molecular weight excluding hydrogens is 658 g/mol. The quantitative estimate of drug-likeness (QED) is 0.153. The molecule has 3 aliphatic rings. The summed E-state index contributed by atoms with van der Waals surface area (Å²) in [5.41, 5.74) is -1.26. The predicted molar refractivity (Wildman–Crippen MR) is 202 cm³/mol. The number of aliphatic hydroxyl groups is 1. The summed E-state index contributed by atoms with van der Waals surface area (Å²) in [7, 11) is 1.70. The molecule has 0 aliphatic carbocycles. The highest BCUT2D eigenvalue weighted by Gasteiger charge is 2.76. The van der Waals surface area contributed by atoms with Gasteiger partial charge >= 0.3 is 5.97 Å². The van der Waals surface area contributed by atoms with Crippen LogP contribution in [-0.2, 0) is 28.7 Å². The molecule has 288 valence electrons. The minimum Gasteiger partial charge on any atom is -0.455 e. The normalized spacial score (nSPS) is 25.8. The summed E-state index contributed by atoms with van der Waals surface area (Å²) in [6.07, 6.45) is 4.82. The molecule has 2 bridgehead atoms. The van der Waals surface area contributed by atoms with Crippen molar-refractivity contribution in [2.75, 3.05) is 20.2 Å². The zero-order chi connectivity index (χ0) is 38.8. The monoisotopic (exact) mass is 721 g/mol. The zero-order valence-electron chi connectivity index (χ0n) is 33.0. The van der Waals surface area contributed by atoms with Crippen molar-refractivity contribution in [3.63, 3.8) is 0 Å². The van der Waals surface area contributed by atoms with E-state index in [1.807, 2.05) is 65.0 Å². The van der Waals surface area contributed by atoms with Gasteiger partial charge in [-0.05, 0) is 69.8 Å². The molecular formula is C42H63N3O7. The van der Waals surface area contributed by atoms with Gasteiger partial charge in [0.1, 0.15) is 17.7 Å². The van der Waals surface area contributed by atoms with E-state index < -0.39 is 59.3 Å². The number of nitrogens with zero attached hydrogens (tertiary/aromatic N) is 3. The highest BCUT2D eigenvalue weighted by Crippen LogP contribution is 2.60. The van der Waals surface area contributed by atoms with Crippen LogP contribution in [0.3, 0.4) is 0 Å². The Bertz CT molecular complexity index is 1470. The third-order valence-corrected chi connectivity index (χ3v) is 11.2. The number of carbonyl (C=O) groups is 4. The van der Waals surface area contributed by atoms with E-state index in [-0.39, 0.29) is 48.6 Å². The Labute approximate surface area is 311 Å². The third-order valence-electron chi connectivity index (χ3n) is 11.2. The largest absolute Gasteiger partial charge is 0.455 e. The maximum absolute atomic E-state index is 15.2. The lowest BCUT2D eigenvalue weighted by atomic mass is 9.70. The first kappa shape index (κ1) is 41.3. The molecule has 1 spiro atoms. The molecule has 3 saturated heterocycles. The number of hydrogen-bond acceptors (Lipinski definition) is 7. The Morgan fingerprint density at radius 2 is 1.75 bits per heavy atom. The molecule has 1 N–H and O–H groups in total. The summed E-state index contributed by atoms with van der Waals surface area (Å²) in [4.78, 5) is 62.7. The van der Waals surface area contributed by atoms with Gasteiger partial charge in [0, 0.05) is 25.6 Å². The maximum atomic E-state index is 15.2. The average molecular weight is 722 g/mol. The van der Waals surface area contributed by atoms with Crippen molar-refractivity contribution in [1.82, 2.24) is 14.7 Å². The van der Waals surface area contributed by atoms with Gasteiger partial charge in [0.25, 0.3) is 0 Å². The molecule has 4 rings (SSSR count). The van der Waals surface area contributed by atoms with Gasteiger partial charge in [0.2, 0.25) is 17.7 Å². The van der Waals surface area contributed by atoms with E-state index in [1.54, 1.807) is 33.9 Å². The highest BCUT2D eigenvalue weighted by molar-refractivity contribution is 5.98. The van der Waals surface area contributed by atoms with E-state index in [2.05, 4.69) is 33.9 Å². The smallest absolute Gasteiger partial charge is 0.313 e. The van der Waals surface area contributed by atoms with Crippen molar-refractivity contribution >= 4 is 23.7 Å². The fourth-order valence-electron chi connectivity index (χ4n) is 9.28. The number of amides is 3. The van der Waals surface area contributed by atoms with E-state index in [1.165, 1.54) is 0 Å². The topological polar surface area (TPSA) is 117 Å². The Kier molecular flexibility index (Phi) is 12.9. The lowest BCUT2D eigenvalue weighted by Crippen LogP contribution is -2.62. The van der Waals surface area contributed by atoms with Crippen LogP contribution in [0.15, 0.2) is 55.6 Å². The number of likely N-dealkylation sites (N-methyl/N-ethyl adjacent to an activating group) is 1. The number of benzene rings is 1. The Morgan fingerprint density at radius 3 is 2.31 bits per heavy atom. The molecule has 3 aliphatic heterocycles. The molecule has 52 heavy (non-hydrogen) atoms. The number of esters is 1. The zero-order valence-corrected chi connectivity index (χ0v) is 33.0. The van der Waals surface area contributed by atoms with Gasteiger partial charge in [-0.25, -0.2) is 0 Å². The van der Waals surface area contributed by atoms with E-state index in [0.717, 1.165) is 5.56 Å². The van der Waals surface area contributed by atoms with Gasteiger partial charge in [-0.3, -0.25) is 19.2 Å². The molecule has 0 radical (unpaired) electrons. The van der Waals surface area contributed by atoms with Gasteiger partial charge in [-0.1, -0.05) is 77.1 Å². The molecule has 0 unspecified atom stereocenters. The van der Waals surface area contributed by atoms with E-state index in [0.29, 0.717) is 32.1 Å². The summed E-state index contributed by atoms with van der Waals surface area (Å²) in [5.74, 6) is -3.14. The SMILES string of the molecule is C=CCCC(=O)N(C)[C@H](C)[C@H](OC(=O)[C@@H]1[C@@H]2CC[C@]3(O2)[C@H](C(=O)N(CC=C)C(C)(C)CC(C)(C)C)N([C@@H](CO)CC(C)C)C(=O)[C@@H]13)c1ccccc1. The number of hydrogen-bond donors (Lipinski definition) is 1. The molecule has 10 heteroatoms. The van der Waals surface area contributed by atoms with Crippen LogP contribution >= 0.6 is 0 Å². The summed E-state index contributed by atoms with van der Waals surface area (Å²) in [5, 5.41) is 10.8. The van der Waals surface area contributed by atoms with Crippen LogP contribution in [0.1, 0.15) is 106 Å². The Balaban J connectivity index is 1.77. The first-order chi connectivity index (χ1) is 24.3. The summed E-state index contributed by atoms with van der Waals surface area (Å²) < 4.78 is 13.2. The number of likely N-dealkylation sites (tertiary alicyclic amines) is 1. The van der Waals surface area contributed by atoms with Crippen LogP contribution < -0.4 is 0 Å². The van der Waals surface area contributed by atoms with Crippen molar-refractivity contribution < 1.29 is 33.8 Å². The van der Waals surface area contributed by atoms with Gasteiger partial charge in [-0.15, -0.1) is 13.2 Å². The van der Waals surface area contributed by atoms with Crippen LogP contribution in [0.25, 0.3) is 0 Å². The van der Waals surface area contributed by atoms with Crippen molar-refractivity contribution in [2.45, 2.75) is 135 Å². The van der Waals surface area contributed by atoms with Crippen molar-refractivity contribution in [3.05, 3.63) is 61.2 Å². The van der Waals surface area contributed by atoms with Crippen molar-refractivity contribution in [3.8, 4) is 0 Å². The first-order valence-corrected chi connectivity index (χ1v) is 19.0. The lowest BCUT2D eigenvalue weighted by molar-refractivity contribution is -0.165. The lowest BCUT2D eigenvalue weighted by Gasteiger charge is -2.46. The van der Waals surface area contributed by atoms with Crippen LogP contribution in [0.2, 0.25) is 0 Å². The van der Waals surface area contributed by atoms with Crippen LogP contribution in [0.5, 0.6) is 0 Å². The van der Waals surface area contributed by atoms with Gasteiger partial charge in [-0.2, -0.15) is 0 Å². The van der Waals surface area contributed by atoms with Gasteiger partial charge in [0.05, 0.1) is 36.6 Å². The van der Waals surface area contributed by atoms with E-state index >= 15 is 4.79 Å².